The van der Waals surface area contributed by atoms with E-state index in [0.717, 1.165) is 18.5 Å². The van der Waals surface area contributed by atoms with Gasteiger partial charge in [-0.3, -0.25) is 4.79 Å². The fourth-order valence-corrected chi connectivity index (χ4v) is 4.05. The second kappa shape index (κ2) is 9.86. The summed E-state index contributed by atoms with van der Waals surface area (Å²) in [6, 6.07) is -1.26. The number of carbonyl (C=O) groups excluding carboxylic acids is 1. The lowest BCUT2D eigenvalue weighted by molar-refractivity contribution is -0.252. The molecule has 0 bridgehead atoms. The Morgan fingerprint density at radius 3 is 2.50 bits per heavy atom. The zero-order valence-corrected chi connectivity index (χ0v) is 16.8. The first kappa shape index (κ1) is 22.7. The standard InChI is InChI=1S/C21H30N2O7/c1-3-13-14(10-23(15(13)4-2)9-12-5-7-29-8-6-12)20(27)22-17-19(26)18(25)16(11-24)30-21(17)28/h3-4,10,12,16-19,21,24-26,28H,1-2,5-9,11H2,(H,22,27)/t16?,17-,18-,19?,21?/m1/s1. The highest BCUT2D eigenvalue weighted by Crippen LogP contribution is 2.26. The summed E-state index contributed by atoms with van der Waals surface area (Å²) in [5.41, 5.74) is 1.65. The monoisotopic (exact) mass is 422 g/mol. The highest BCUT2D eigenvalue weighted by molar-refractivity contribution is 5.99. The van der Waals surface area contributed by atoms with Crippen molar-refractivity contribution in [3.8, 4) is 0 Å². The smallest absolute Gasteiger partial charge is 0.253 e. The highest BCUT2D eigenvalue weighted by atomic mass is 16.6. The number of hydrogen-bond donors (Lipinski definition) is 5. The second-order valence-electron chi connectivity index (χ2n) is 7.69. The molecule has 0 radical (unpaired) electrons. The van der Waals surface area contributed by atoms with Gasteiger partial charge in [0, 0.05) is 37.2 Å². The van der Waals surface area contributed by atoms with Crippen LogP contribution < -0.4 is 5.32 Å². The fraction of sp³-hybridized carbons (Fsp3) is 0.571. The van der Waals surface area contributed by atoms with Gasteiger partial charge in [-0.15, -0.1) is 0 Å². The summed E-state index contributed by atoms with van der Waals surface area (Å²) in [5.74, 6) is -0.139. The van der Waals surface area contributed by atoms with Gasteiger partial charge in [0.15, 0.2) is 6.29 Å². The number of nitrogens with zero attached hydrogens (tertiary/aromatic N) is 1. The molecule has 1 aromatic heterocycles. The van der Waals surface area contributed by atoms with Crippen molar-refractivity contribution in [1.29, 1.82) is 0 Å². The van der Waals surface area contributed by atoms with Gasteiger partial charge in [-0.2, -0.15) is 0 Å². The molecule has 1 amide bonds. The molecule has 0 aliphatic carbocycles. The number of ether oxygens (including phenoxy) is 2. The molecule has 1 aromatic rings. The topological polar surface area (TPSA) is 133 Å². The van der Waals surface area contributed by atoms with Crippen LogP contribution in [0.3, 0.4) is 0 Å². The molecule has 9 nitrogen and oxygen atoms in total. The third-order valence-corrected chi connectivity index (χ3v) is 5.80. The molecule has 2 aliphatic heterocycles. The first-order valence-corrected chi connectivity index (χ1v) is 10.1. The van der Waals surface area contributed by atoms with E-state index in [9.17, 15) is 25.2 Å². The lowest BCUT2D eigenvalue weighted by Gasteiger charge is -2.40. The number of aliphatic hydroxyl groups is 4. The van der Waals surface area contributed by atoms with E-state index in [2.05, 4.69) is 18.5 Å². The first-order valence-electron chi connectivity index (χ1n) is 10.1. The predicted molar refractivity (Wildman–Crippen MR) is 109 cm³/mol. The van der Waals surface area contributed by atoms with Crippen molar-refractivity contribution >= 4 is 18.1 Å². The number of nitrogens with one attached hydrogen (secondary N) is 1. The molecule has 5 atom stereocenters. The zero-order chi connectivity index (χ0) is 21.8. The normalized spacial score (nSPS) is 30.1. The van der Waals surface area contributed by atoms with E-state index in [1.807, 2.05) is 4.57 Å². The molecule has 30 heavy (non-hydrogen) atoms. The van der Waals surface area contributed by atoms with Crippen LogP contribution in [-0.2, 0) is 16.0 Å². The van der Waals surface area contributed by atoms with Crippen molar-refractivity contribution in [3.05, 3.63) is 36.2 Å². The average molecular weight is 422 g/mol. The molecule has 3 rings (SSSR count). The summed E-state index contributed by atoms with van der Waals surface area (Å²) >= 11 is 0. The van der Waals surface area contributed by atoms with Crippen LogP contribution in [0.2, 0.25) is 0 Å². The first-order chi connectivity index (χ1) is 14.4. The Labute approximate surface area is 175 Å². The Balaban J connectivity index is 1.81. The van der Waals surface area contributed by atoms with Crippen LogP contribution in [0.5, 0.6) is 0 Å². The van der Waals surface area contributed by atoms with E-state index in [1.165, 1.54) is 0 Å². The molecule has 3 heterocycles. The molecular weight excluding hydrogens is 392 g/mol. The van der Waals surface area contributed by atoms with E-state index in [4.69, 9.17) is 9.47 Å². The van der Waals surface area contributed by atoms with Crippen molar-refractivity contribution in [2.45, 2.75) is 50.0 Å². The van der Waals surface area contributed by atoms with Gasteiger partial charge in [-0.1, -0.05) is 19.2 Å². The van der Waals surface area contributed by atoms with Gasteiger partial charge >= 0.3 is 0 Å². The number of aromatic nitrogens is 1. The largest absolute Gasteiger partial charge is 0.394 e. The molecule has 9 heteroatoms. The molecule has 166 valence electrons. The maximum absolute atomic E-state index is 13.0. The average Bonchev–Trinajstić information content (AvgIpc) is 3.11. The van der Waals surface area contributed by atoms with Gasteiger partial charge in [0.25, 0.3) is 5.91 Å². The third-order valence-electron chi connectivity index (χ3n) is 5.80. The fourth-order valence-electron chi connectivity index (χ4n) is 4.05. The molecule has 2 fully saturated rings. The molecule has 2 saturated heterocycles. The Morgan fingerprint density at radius 1 is 1.20 bits per heavy atom. The number of hydrogen-bond acceptors (Lipinski definition) is 7. The third kappa shape index (κ3) is 4.51. The van der Waals surface area contributed by atoms with Gasteiger partial charge in [0.2, 0.25) is 0 Å². The van der Waals surface area contributed by atoms with Crippen molar-refractivity contribution in [1.82, 2.24) is 9.88 Å². The minimum absolute atomic E-state index is 0.310. The Kier molecular flexibility index (Phi) is 7.45. The van der Waals surface area contributed by atoms with E-state index in [-0.39, 0.29) is 0 Å². The Morgan fingerprint density at radius 2 is 1.90 bits per heavy atom. The van der Waals surface area contributed by atoms with Gasteiger partial charge in [-0.05, 0) is 24.8 Å². The molecular formula is C21H30N2O7. The molecule has 3 unspecified atom stereocenters. The van der Waals surface area contributed by atoms with E-state index in [0.29, 0.717) is 36.8 Å². The van der Waals surface area contributed by atoms with E-state index < -0.39 is 43.2 Å². The number of amides is 1. The molecule has 0 saturated carbocycles. The summed E-state index contributed by atoms with van der Waals surface area (Å²) in [7, 11) is 0. The van der Waals surface area contributed by atoms with Crippen LogP contribution >= 0.6 is 0 Å². The zero-order valence-electron chi connectivity index (χ0n) is 16.8. The van der Waals surface area contributed by atoms with E-state index >= 15 is 0 Å². The minimum atomic E-state index is -1.58. The minimum Gasteiger partial charge on any atom is -0.394 e. The predicted octanol–water partition coefficient (Wildman–Crippen LogP) is -0.270. The van der Waals surface area contributed by atoms with Crippen LogP contribution in [0.15, 0.2) is 19.4 Å². The number of aliphatic hydroxyl groups excluding tert-OH is 4. The summed E-state index contributed by atoms with van der Waals surface area (Å²) in [6.07, 6.45) is 1.11. The Bertz CT molecular complexity index is 772. The van der Waals surface area contributed by atoms with Crippen molar-refractivity contribution < 1.29 is 34.7 Å². The summed E-state index contributed by atoms with van der Waals surface area (Å²) in [5, 5.41) is 42.2. The maximum atomic E-state index is 13.0. The summed E-state index contributed by atoms with van der Waals surface area (Å²) in [4.78, 5) is 13.0. The molecule has 0 spiro atoms. The summed E-state index contributed by atoms with van der Waals surface area (Å²) in [6.45, 7) is 9.21. The van der Waals surface area contributed by atoms with Gasteiger partial charge in [0.1, 0.15) is 24.4 Å². The van der Waals surface area contributed by atoms with Crippen molar-refractivity contribution in [2.24, 2.45) is 5.92 Å². The van der Waals surface area contributed by atoms with Crippen LogP contribution in [0.25, 0.3) is 12.2 Å². The van der Waals surface area contributed by atoms with Crippen molar-refractivity contribution in [2.75, 3.05) is 19.8 Å². The lowest BCUT2D eigenvalue weighted by atomic mass is 9.96. The van der Waals surface area contributed by atoms with Gasteiger partial charge < -0.3 is 39.8 Å². The molecule has 5 N–H and O–H groups in total. The van der Waals surface area contributed by atoms with Gasteiger partial charge in [-0.25, -0.2) is 0 Å². The summed E-state index contributed by atoms with van der Waals surface area (Å²) < 4.78 is 12.5. The van der Waals surface area contributed by atoms with Crippen molar-refractivity contribution in [3.63, 3.8) is 0 Å². The number of rotatable bonds is 7. The number of carbonyl (C=O) groups is 1. The molecule has 0 aromatic carbocycles. The highest BCUT2D eigenvalue weighted by Gasteiger charge is 2.44. The van der Waals surface area contributed by atoms with E-state index in [1.54, 1.807) is 18.3 Å². The van der Waals surface area contributed by atoms with Gasteiger partial charge in [0.05, 0.1) is 12.2 Å². The van der Waals surface area contributed by atoms with Crippen LogP contribution in [-0.4, -0.2) is 81.4 Å². The lowest BCUT2D eigenvalue weighted by Crippen LogP contribution is -2.64. The van der Waals surface area contributed by atoms with Crippen LogP contribution in [0.1, 0.15) is 34.5 Å². The molecule has 2 aliphatic rings. The Hall–Kier alpha value is -2.01. The SMILES string of the molecule is C=Cc1c(C(=O)N[C@H]2C(O)OC(CO)[C@@H](O)C2O)cn(CC2CCOCC2)c1C=C. The second-order valence-corrected chi connectivity index (χ2v) is 7.69. The quantitative estimate of drug-likeness (QED) is 0.408. The van der Waals surface area contributed by atoms with Crippen LogP contribution in [0.4, 0.5) is 0 Å². The van der Waals surface area contributed by atoms with Crippen LogP contribution in [0, 0.1) is 5.92 Å². The maximum Gasteiger partial charge on any atom is 0.253 e.